The molecule has 0 aromatic heterocycles. The molecule has 0 unspecified atom stereocenters. The van der Waals surface area contributed by atoms with Crippen LogP contribution in [-0.4, -0.2) is 19.5 Å². The van der Waals surface area contributed by atoms with Gasteiger partial charge in [-0.2, -0.15) is 0 Å². The Morgan fingerprint density at radius 3 is 2.67 bits per heavy atom. The number of amides is 1. The Balaban J connectivity index is 1.84. The van der Waals surface area contributed by atoms with Gasteiger partial charge in [-0.25, -0.2) is 4.39 Å². The lowest BCUT2D eigenvalue weighted by molar-refractivity contribution is 0.0950. The normalized spacial score (nSPS) is 21.9. The van der Waals surface area contributed by atoms with Gasteiger partial charge in [-0.05, 0) is 30.4 Å². The van der Waals surface area contributed by atoms with Gasteiger partial charge in [0, 0.05) is 13.6 Å². The van der Waals surface area contributed by atoms with E-state index in [4.69, 9.17) is 0 Å². The summed E-state index contributed by atoms with van der Waals surface area (Å²) >= 11 is 0. The largest absolute Gasteiger partial charge is 0.385 e. The molecule has 1 aliphatic rings. The third-order valence-corrected chi connectivity index (χ3v) is 4.48. The number of para-hydroxylation sites is 1. The van der Waals surface area contributed by atoms with Crippen molar-refractivity contribution in [2.45, 2.75) is 39.0 Å². The zero-order valence-electron chi connectivity index (χ0n) is 12.9. The van der Waals surface area contributed by atoms with Gasteiger partial charge in [0.25, 0.3) is 5.91 Å². The number of carbonyl (C=O) groups is 1. The molecule has 3 nitrogen and oxygen atoms in total. The lowest BCUT2D eigenvalue weighted by Crippen LogP contribution is -2.27. The van der Waals surface area contributed by atoms with Gasteiger partial charge in [-0.15, -0.1) is 0 Å². The highest BCUT2D eigenvalue weighted by atomic mass is 19.1. The topological polar surface area (TPSA) is 41.1 Å². The Hall–Kier alpha value is -1.58. The molecule has 0 spiro atoms. The van der Waals surface area contributed by atoms with Crippen molar-refractivity contribution in [2.24, 2.45) is 11.8 Å². The van der Waals surface area contributed by atoms with Gasteiger partial charge < -0.3 is 10.6 Å². The van der Waals surface area contributed by atoms with Crippen LogP contribution < -0.4 is 10.6 Å². The number of nitrogens with one attached hydrogen (secondary N) is 2. The van der Waals surface area contributed by atoms with E-state index in [1.54, 1.807) is 19.2 Å². The van der Waals surface area contributed by atoms with E-state index in [-0.39, 0.29) is 11.6 Å². The molecule has 116 valence electrons. The number of benzene rings is 1. The molecule has 4 heteroatoms. The Kier molecular flexibility index (Phi) is 5.59. The van der Waals surface area contributed by atoms with Crippen LogP contribution in [0.3, 0.4) is 0 Å². The van der Waals surface area contributed by atoms with Crippen molar-refractivity contribution in [3.63, 3.8) is 0 Å². The lowest BCUT2D eigenvalue weighted by atomic mass is 9.81. The summed E-state index contributed by atoms with van der Waals surface area (Å²) in [5, 5.41) is 5.67. The molecule has 1 aromatic carbocycles. The summed E-state index contributed by atoms with van der Waals surface area (Å²) in [5.41, 5.74) is 0.635. The van der Waals surface area contributed by atoms with Crippen LogP contribution in [0.15, 0.2) is 18.2 Å². The Labute approximate surface area is 126 Å². The van der Waals surface area contributed by atoms with Gasteiger partial charge in [0.1, 0.15) is 5.82 Å². The number of hydrogen-bond donors (Lipinski definition) is 2. The van der Waals surface area contributed by atoms with E-state index in [1.165, 1.54) is 31.7 Å². The van der Waals surface area contributed by atoms with Crippen LogP contribution in [0.1, 0.15) is 49.4 Å². The summed E-state index contributed by atoms with van der Waals surface area (Å²) in [6.45, 7) is 2.97. The smallest absolute Gasteiger partial charge is 0.253 e. The Morgan fingerprint density at radius 1 is 1.29 bits per heavy atom. The minimum atomic E-state index is -0.397. The van der Waals surface area contributed by atoms with Gasteiger partial charge >= 0.3 is 0 Å². The van der Waals surface area contributed by atoms with Crippen molar-refractivity contribution in [3.05, 3.63) is 29.6 Å². The molecule has 1 aliphatic carbocycles. The van der Waals surface area contributed by atoms with Crippen molar-refractivity contribution < 1.29 is 9.18 Å². The van der Waals surface area contributed by atoms with Crippen LogP contribution in [0.4, 0.5) is 10.1 Å². The number of halogens is 1. The monoisotopic (exact) mass is 292 g/mol. The Morgan fingerprint density at radius 2 is 2.00 bits per heavy atom. The van der Waals surface area contributed by atoms with Gasteiger partial charge in [-0.3, -0.25) is 4.79 Å². The molecular formula is C17H25FN2O. The number of rotatable bonds is 5. The second-order valence-electron chi connectivity index (χ2n) is 6.08. The highest BCUT2D eigenvalue weighted by molar-refractivity contribution is 5.99. The van der Waals surface area contributed by atoms with Gasteiger partial charge in [0.15, 0.2) is 0 Å². The molecule has 0 heterocycles. The predicted octanol–water partition coefficient (Wildman–Crippen LogP) is 3.81. The van der Waals surface area contributed by atoms with Gasteiger partial charge in [0.05, 0.1) is 11.3 Å². The highest BCUT2D eigenvalue weighted by Crippen LogP contribution is 2.30. The average Bonchev–Trinajstić information content (AvgIpc) is 2.49. The molecule has 1 amide bonds. The van der Waals surface area contributed by atoms with Crippen LogP contribution in [0.25, 0.3) is 0 Å². The van der Waals surface area contributed by atoms with Gasteiger partial charge in [-0.1, -0.05) is 38.7 Å². The molecule has 1 aromatic rings. The second-order valence-corrected chi connectivity index (χ2v) is 6.08. The summed E-state index contributed by atoms with van der Waals surface area (Å²) in [6, 6.07) is 4.56. The predicted molar refractivity (Wildman–Crippen MR) is 84.0 cm³/mol. The fourth-order valence-electron chi connectivity index (χ4n) is 3.07. The van der Waals surface area contributed by atoms with Crippen LogP contribution >= 0.6 is 0 Å². The first-order valence-corrected chi connectivity index (χ1v) is 7.86. The molecule has 21 heavy (non-hydrogen) atoms. The fourth-order valence-corrected chi connectivity index (χ4v) is 3.07. The summed E-state index contributed by atoms with van der Waals surface area (Å²) < 4.78 is 13.6. The minimum Gasteiger partial charge on any atom is -0.385 e. The van der Waals surface area contributed by atoms with Crippen molar-refractivity contribution in [2.75, 3.05) is 18.9 Å². The van der Waals surface area contributed by atoms with Crippen molar-refractivity contribution in [1.29, 1.82) is 0 Å². The van der Waals surface area contributed by atoms with E-state index in [0.29, 0.717) is 12.1 Å². The third kappa shape index (κ3) is 4.19. The van der Waals surface area contributed by atoms with E-state index in [0.717, 1.165) is 18.3 Å². The molecule has 0 atom stereocenters. The van der Waals surface area contributed by atoms with Crippen molar-refractivity contribution >= 4 is 11.6 Å². The van der Waals surface area contributed by atoms with Crippen LogP contribution in [0.5, 0.6) is 0 Å². The molecule has 2 N–H and O–H groups in total. The first kappa shape index (κ1) is 15.8. The molecular weight excluding hydrogens is 267 g/mol. The van der Waals surface area contributed by atoms with E-state index < -0.39 is 5.82 Å². The Bertz CT molecular complexity index is 482. The van der Waals surface area contributed by atoms with E-state index in [2.05, 4.69) is 17.6 Å². The molecule has 0 radical (unpaired) electrons. The van der Waals surface area contributed by atoms with E-state index >= 15 is 0 Å². The van der Waals surface area contributed by atoms with Crippen molar-refractivity contribution in [3.8, 4) is 0 Å². The molecule has 2 rings (SSSR count). The maximum atomic E-state index is 13.6. The zero-order chi connectivity index (χ0) is 15.2. The van der Waals surface area contributed by atoms with Crippen LogP contribution in [0, 0.1) is 17.7 Å². The zero-order valence-corrected chi connectivity index (χ0v) is 12.9. The maximum Gasteiger partial charge on any atom is 0.253 e. The van der Waals surface area contributed by atoms with Gasteiger partial charge in [0.2, 0.25) is 0 Å². The fraction of sp³-hybridized carbons (Fsp3) is 0.588. The molecule has 1 fully saturated rings. The first-order chi connectivity index (χ1) is 10.1. The molecule has 0 aliphatic heterocycles. The summed E-state index contributed by atoms with van der Waals surface area (Å²) in [7, 11) is 1.62. The summed E-state index contributed by atoms with van der Waals surface area (Å²) in [5.74, 6) is 0.966. The lowest BCUT2D eigenvalue weighted by Gasteiger charge is -2.26. The minimum absolute atomic E-state index is 0.206. The van der Waals surface area contributed by atoms with Crippen molar-refractivity contribution in [1.82, 2.24) is 5.32 Å². The number of anilines is 1. The number of carbonyl (C=O) groups excluding carboxylic acids is 1. The van der Waals surface area contributed by atoms with Crippen LogP contribution in [0.2, 0.25) is 0 Å². The maximum absolute atomic E-state index is 13.6. The summed E-state index contributed by atoms with van der Waals surface area (Å²) in [6.07, 6.45) is 6.14. The van der Waals surface area contributed by atoms with Crippen LogP contribution in [-0.2, 0) is 0 Å². The summed E-state index contributed by atoms with van der Waals surface area (Å²) in [4.78, 5) is 12.2. The highest BCUT2D eigenvalue weighted by Gasteiger charge is 2.19. The standard InChI is InChI=1S/C17H25FN2O/c1-12-6-8-13(9-7-12)10-11-20-17(21)14-4-3-5-15(18)16(14)19-2/h3-5,12-13,19H,6-11H2,1-2H3,(H,20,21). The SMILES string of the molecule is CNc1c(F)cccc1C(=O)NCCC1CCC(C)CC1. The first-order valence-electron chi connectivity index (χ1n) is 7.86. The molecule has 0 saturated heterocycles. The molecule has 1 saturated carbocycles. The molecule has 0 bridgehead atoms. The second kappa shape index (κ2) is 7.43. The third-order valence-electron chi connectivity index (χ3n) is 4.48. The average molecular weight is 292 g/mol. The quantitative estimate of drug-likeness (QED) is 0.866. The van der Waals surface area contributed by atoms with E-state index in [9.17, 15) is 9.18 Å². The van der Waals surface area contributed by atoms with E-state index in [1.807, 2.05) is 0 Å². The number of hydrogen-bond acceptors (Lipinski definition) is 2.